The van der Waals surface area contributed by atoms with Crippen LogP contribution in [-0.4, -0.2) is 49.6 Å². The first-order valence-corrected chi connectivity index (χ1v) is 9.29. The fraction of sp³-hybridized carbons (Fsp3) is 0.684. The molecule has 3 aliphatic rings. The van der Waals surface area contributed by atoms with E-state index in [0.29, 0.717) is 38.0 Å². The van der Waals surface area contributed by atoms with Crippen molar-refractivity contribution < 1.29 is 18.7 Å². The molecule has 2 saturated heterocycles. The zero-order valence-electron chi connectivity index (χ0n) is 14.8. The van der Waals surface area contributed by atoms with Gasteiger partial charge in [0.15, 0.2) is 5.76 Å². The van der Waals surface area contributed by atoms with Crippen molar-refractivity contribution in [2.24, 2.45) is 17.3 Å². The Hall–Kier alpha value is -1.82. The van der Waals surface area contributed by atoms with Crippen LogP contribution < -0.4 is 5.32 Å². The van der Waals surface area contributed by atoms with Gasteiger partial charge >= 0.3 is 0 Å². The summed E-state index contributed by atoms with van der Waals surface area (Å²) < 4.78 is 11.0. The highest BCUT2D eigenvalue weighted by atomic mass is 16.5. The molecule has 1 aromatic rings. The molecule has 0 radical (unpaired) electrons. The quantitative estimate of drug-likeness (QED) is 0.905. The summed E-state index contributed by atoms with van der Waals surface area (Å²) in [5, 5.41) is 3.12. The fourth-order valence-corrected chi connectivity index (χ4v) is 4.16. The lowest BCUT2D eigenvalue weighted by Crippen LogP contribution is -2.44. The summed E-state index contributed by atoms with van der Waals surface area (Å²) in [6.07, 6.45) is 4.09. The number of rotatable bonds is 4. The zero-order valence-corrected chi connectivity index (χ0v) is 14.8. The fourth-order valence-electron chi connectivity index (χ4n) is 4.16. The molecule has 6 heteroatoms. The van der Waals surface area contributed by atoms with Crippen LogP contribution >= 0.6 is 0 Å². The maximum Gasteiger partial charge on any atom is 0.289 e. The van der Waals surface area contributed by atoms with E-state index in [9.17, 15) is 9.59 Å². The molecule has 1 N–H and O–H groups in total. The van der Waals surface area contributed by atoms with E-state index in [-0.39, 0.29) is 23.1 Å². The molecule has 1 spiro atoms. The van der Waals surface area contributed by atoms with Crippen LogP contribution in [0.4, 0.5) is 0 Å². The highest BCUT2D eigenvalue weighted by molar-refractivity contribution is 5.92. The molecule has 3 fully saturated rings. The molecular weight excluding hydrogens is 320 g/mol. The van der Waals surface area contributed by atoms with E-state index in [1.807, 2.05) is 6.92 Å². The van der Waals surface area contributed by atoms with Gasteiger partial charge in [-0.2, -0.15) is 0 Å². The number of nitrogens with one attached hydrogen (secondary N) is 1. The Morgan fingerprint density at radius 2 is 2.04 bits per heavy atom. The van der Waals surface area contributed by atoms with E-state index < -0.39 is 0 Å². The second kappa shape index (κ2) is 6.48. The number of hydrogen-bond donors (Lipinski definition) is 1. The van der Waals surface area contributed by atoms with Crippen molar-refractivity contribution in [3.63, 3.8) is 0 Å². The van der Waals surface area contributed by atoms with Crippen molar-refractivity contribution in [3.05, 3.63) is 23.7 Å². The van der Waals surface area contributed by atoms with Gasteiger partial charge in [-0.05, 0) is 50.7 Å². The maximum atomic E-state index is 12.8. The topological polar surface area (TPSA) is 71.8 Å². The second-order valence-corrected chi connectivity index (χ2v) is 7.81. The minimum absolute atomic E-state index is 0.0970. The van der Waals surface area contributed by atoms with Gasteiger partial charge in [0.1, 0.15) is 5.76 Å². The zero-order chi connectivity index (χ0) is 17.4. The lowest BCUT2D eigenvalue weighted by atomic mass is 9.71. The molecule has 6 nitrogen and oxygen atoms in total. The number of furan rings is 1. The Labute approximate surface area is 147 Å². The first kappa shape index (κ1) is 16.6. The van der Waals surface area contributed by atoms with Crippen LogP contribution in [-0.2, 0) is 9.53 Å². The Kier molecular flexibility index (Phi) is 4.31. The summed E-state index contributed by atoms with van der Waals surface area (Å²) in [4.78, 5) is 27.4. The number of aryl methyl sites for hydroxylation is 1. The summed E-state index contributed by atoms with van der Waals surface area (Å²) in [6, 6.07) is 3.52. The van der Waals surface area contributed by atoms with E-state index in [2.05, 4.69) is 5.32 Å². The van der Waals surface area contributed by atoms with Crippen molar-refractivity contribution >= 4 is 11.8 Å². The molecule has 0 aromatic carbocycles. The minimum Gasteiger partial charge on any atom is -0.456 e. The Balaban J connectivity index is 1.51. The van der Waals surface area contributed by atoms with Crippen LogP contribution in [0.3, 0.4) is 0 Å². The lowest BCUT2D eigenvalue weighted by Gasteiger charge is -2.37. The Morgan fingerprint density at radius 3 is 2.68 bits per heavy atom. The van der Waals surface area contributed by atoms with Crippen molar-refractivity contribution in [2.75, 3.05) is 32.8 Å². The molecule has 4 rings (SSSR count). The smallest absolute Gasteiger partial charge is 0.289 e. The molecule has 1 aliphatic carbocycles. The molecule has 1 aromatic heterocycles. The number of nitrogens with zero attached hydrogens (tertiary/aromatic N) is 1. The third kappa shape index (κ3) is 3.32. The molecule has 25 heavy (non-hydrogen) atoms. The average Bonchev–Trinajstić information content (AvgIpc) is 3.24. The van der Waals surface area contributed by atoms with Crippen molar-refractivity contribution in [1.29, 1.82) is 0 Å². The van der Waals surface area contributed by atoms with Crippen molar-refractivity contribution in [3.8, 4) is 0 Å². The molecule has 0 bridgehead atoms. The highest BCUT2D eigenvalue weighted by Gasteiger charge is 2.52. The summed E-state index contributed by atoms with van der Waals surface area (Å²) in [6.45, 7) is 5.00. The summed E-state index contributed by atoms with van der Waals surface area (Å²) in [7, 11) is 0. The number of amides is 2. The van der Waals surface area contributed by atoms with Gasteiger partial charge in [-0.1, -0.05) is 0 Å². The van der Waals surface area contributed by atoms with Crippen LogP contribution in [0.25, 0.3) is 0 Å². The predicted molar refractivity (Wildman–Crippen MR) is 91.1 cm³/mol. The van der Waals surface area contributed by atoms with Gasteiger partial charge in [0.2, 0.25) is 5.91 Å². The average molecular weight is 346 g/mol. The molecule has 2 amide bonds. The second-order valence-electron chi connectivity index (χ2n) is 7.81. The standard InChI is InChI=1S/C19H26N2O4/c1-13-2-5-16(25-13)18(23)21-11-15(17(22)20-10-14-3-4-14)19(12-21)6-8-24-9-7-19/h2,5,14-15H,3-4,6-12H2,1H3,(H,20,22). The molecule has 1 atom stereocenters. The number of carbonyl (C=O) groups excluding carboxylic acids is 2. The van der Waals surface area contributed by atoms with Gasteiger partial charge in [0, 0.05) is 38.3 Å². The Bertz CT molecular complexity index is 658. The maximum absolute atomic E-state index is 12.8. The van der Waals surface area contributed by atoms with Gasteiger partial charge in [-0.25, -0.2) is 0 Å². The summed E-state index contributed by atoms with van der Waals surface area (Å²) in [5.41, 5.74) is -0.164. The van der Waals surface area contributed by atoms with E-state index in [0.717, 1.165) is 25.1 Å². The molecule has 136 valence electrons. The van der Waals surface area contributed by atoms with E-state index in [4.69, 9.17) is 9.15 Å². The molecular formula is C19H26N2O4. The summed E-state index contributed by atoms with van der Waals surface area (Å²) in [5.74, 6) is 1.56. The van der Waals surface area contributed by atoms with Gasteiger partial charge < -0.3 is 19.4 Å². The minimum atomic E-state index is -0.164. The number of likely N-dealkylation sites (tertiary alicyclic amines) is 1. The third-order valence-electron chi connectivity index (χ3n) is 5.95. The van der Waals surface area contributed by atoms with Crippen LogP contribution in [0.5, 0.6) is 0 Å². The number of hydrogen-bond acceptors (Lipinski definition) is 4. The SMILES string of the molecule is Cc1ccc(C(=O)N2CC(C(=O)NCC3CC3)C3(CCOCC3)C2)o1. The monoisotopic (exact) mass is 346 g/mol. The van der Waals surface area contributed by atoms with Crippen molar-refractivity contribution in [1.82, 2.24) is 10.2 Å². The van der Waals surface area contributed by atoms with Crippen LogP contribution in [0.1, 0.15) is 42.0 Å². The number of ether oxygens (including phenoxy) is 1. The molecule has 1 unspecified atom stereocenters. The van der Waals surface area contributed by atoms with Gasteiger partial charge in [0.25, 0.3) is 5.91 Å². The van der Waals surface area contributed by atoms with Gasteiger partial charge in [-0.3, -0.25) is 9.59 Å². The van der Waals surface area contributed by atoms with E-state index >= 15 is 0 Å². The molecule has 2 aliphatic heterocycles. The van der Waals surface area contributed by atoms with Gasteiger partial charge in [-0.15, -0.1) is 0 Å². The highest BCUT2D eigenvalue weighted by Crippen LogP contribution is 2.45. The Morgan fingerprint density at radius 1 is 1.28 bits per heavy atom. The largest absolute Gasteiger partial charge is 0.456 e. The van der Waals surface area contributed by atoms with Crippen LogP contribution in [0.15, 0.2) is 16.5 Å². The van der Waals surface area contributed by atoms with Crippen LogP contribution in [0.2, 0.25) is 0 Å². The van der Waals surface area contributed by atoms with E-state index in [1.165, 1.54) is 12.8 Å². The first-order chi connectivity index (χ1) is 12.1. The van der Waals surface area contributed by atoms with Crippen LogP contribution in [0, 0.1) is 24.2 Å². The van der Waals surface area contributed by atoms with E-state index in [1.54, 1.807) is 17.0 Å². The first-order valence-electron chi connectivity index (χ1n) is 9.29. The lowest BCUT2D eigenvalue weighted by molar-refractivity contribution is -0.129. The molecule has 3 heterocycles. The third-order valence-corrected chi connectivity index (χ3v) is 5.95. The summed E-state index contributed by atoms with van der Waals surface area (Å²) >= 11 is 0. The van der Waals surface area contributed by atoms with Crippen molar-refractivity contribution in [2.45, 2.75) is 32.6 Å². The normalized spacial score (nSPS) is 25.3. The number of carbonyl (C=O) groups is 2. The van der Waals surface area contributed by atoms with Gasteiger partial charge in [0.05, 0.1) is 5.92 Å². The predicted octanol–water partition coefficient (Wildman–Crippen LogP) is 1.98. The molecule has 1 saturated carbocycles.